The number of halogens is 1. The van der Waals surface area contributed by atoms with Crippen LogP contribution in [0.2, 0.25) is 5.02 Å². The van der Waals surface area contributed by atoms with Gasteiger partial charge in [0.25, 0.3) is 5.91 Å². The van der Waals surface area contributed by atoms with Crippen molar-refractivity contribution in [2.24, 2.45) is 0 Å². The first-order chi connectivity index (χ1) is 12.7. The lowest BCUT2D eigenvalue weighted by molar-refractivity contribution is 0.0790. The number of aryl methyl sites for hydroxylation is 1. The molecule has 0 spiro atoms. The predicted octanol–water partition coefficient (Wildman–Crippen LogP) is 4.12. The molecule has 1 aliphatic rings. The second kappa shape index (κ2) is 7.08. The maximum absolute atomic E-state index is 12.8. The maximum Gasteiger partial charge on any atom is 0.253 e. The van der Waals surface area contributed by atoms with Gasteiger partial charge in [-0.25, -0.2) is 9.97 Å². The summed E-state index contributed by atoms with van der Waals surface area (Å²) in [5.41, 5.74) is 2.50. The summed E-state index contributed by atoms with van der Waals surface area (Å²) in [4.78, 5) is 24.0. The molecule has 0 radical (unpaired) electrons. The minimum absolute atomic E-state index is 0.0336. The number of carbonyl (C=O) groups excluding carboxylic acids is 1. The van der Waals surface area contributed by atoms with Gasteiger partial charge >= 0.3 is 0 Å². The zero-order chi connectivity index (χ0) is 18.1. The molecule has 1 amide bonds. The summed E-state index contributed by atoms with van der Waals surface area (Å²) in [7, 11) is 0. The molecular weight excluding hydrogens is 348 g/mol. The van der Waals surface area contributed by atoms with Gasteiger partial charge in [0.2, 0.25) is 0 Å². The molecule has 134 valence electrons. The summed E-state index contributed by atoms with van der Waals surface area (Å²) >= 11 is 6.03. The van der Waals surface area contributed by atoms with E-state index in [2.05, 4.69) is 16.5 Å². The largest absolute Gasteiger partial charge is 0.338 e. The standard InChI is InChI=1S/C20H21ClN4O/c1-2-10-25-18(23-17-7-4-9-22-19(17)25)15-8-11-24(13-15)20(26)14-5-3-6-16(21)12-14/h3-7,9,12,15H,2,8,10-11,13H2,1H3/t15-/m0/s1. The Kier molecular flexibility index (Phi) is 4.64. The molecule has 0 saturated carbocycles. The number of carbonyl (C=O) groups is 1. The fourth-order valence-corrected chi connectivity index (χ4v) is 3.88. The Morgan fingerprint density at radius 1 is 1.31 bits per heavy atom. The lowest BCUT2D eigenvalue weighted by Crippen LogP contribution is -2.28. The number of aromatic nitrogens is 3. The summed E-state index contributed by atoms with van der Waals surface area (Å²) < 4.78 is 2.22. The van der Waals surface area contributed by atoms with E-state index in [4.69, 9.17) is 16.6 Å². The zero-order valence-corrected chi connectivity index (χ0v) is 15.5. The minimum atomic E-state index is 0.0336. The van der Waals surface area contributed by atoms with Crippen LogP contribution in [0.4, 0.5) is 0 Å². The fourth-order valence-electron chi connectivity index (χ4n) is 3.69. The Labute approximate surface area is 157 Å². The minimum Gasteiger partial charge on any atom is -0.338 e. The van der Waals surface area contributed by atoms with Gasteiger partial charge in [-0.2, -0.15) is 0 Å². The number of amides is 1. The number of imidazole rings is 1. The van der Waals surface area contributed by atoms with Gasteiger partial charge in [0, 0.05) is 42.3 Å². The van der Waals surface area contributed by atoms with Crippen LogP contribution < -0.4 is 0 Å². The van der Waals surface area contributed by atoms with Gasteiger partial charge in [-0.1, -0.05) is 24.6 Å². The highest BCUT2D eigenvalue weighted by molar-refractivity contribution is 6.30. The predicted molar refractivity (Wildman–Crippen MR) is 103 cm³/mol. The van der Waals surface area contributed by atoms with Gasteiger partial charge in [-0.3, -0.25) is 4.79 Å². The van der Waals surface area contributed by atoms with Crippen molar-refractivity contribution >= 4 is 28.7 Å². The third-order valence-corrected chi connectivity index (χ3v) is 5.13. The summed E-state index contributed by atoms with van der Waals surface area (Å²) in [6.07, 6.45) is 3.75. The Morgan fingerprint density at radius 2 is 2.19 bits per heavy atom. The quantitative estimate of drug-likeness (QED) is 0.695. The van der Waals surface area contributed by atoms with E-state index in [1.807, 2.05) is 35.4 Å². The van der Waals surface area contributed by atoms with Crippen molar-refractivity contribution < 1.29 is 4.79 Å². The Morgan fingerprint density at radius 3 is 3.00 bits per heavy atom. The lowest BCUT2D eigenvalue weighted by Gasteiger charge is -2.17. The first kappa shape index (κ1) is 17.0. The number of likely N-dealkylation sites (tertiary alicyclic amines) is 1. The molecule has 3 aromatic rings. The van der Waals surface area contributed by atoms with Crippen LogP contribution in [0.1, 0.15) is 41.9 Å². The van der Waals surface area contributed by atoms with Crippen molar-refractivity contribution in [1.82, 2.24) is 19.4 Å². The van der Waals surface area contributed by atoms with Gasteiger partial charge in [-0.05, 0) is 43.2 Å². The van der Waals surface area contributed by atoms with Crippen molar-refractivity contribution in [2.45, 2.75) is 32.2 Å². The smallest absolute Gasteiger partial charge is 0.253 e. The normalized spacial score (nSPS) is 17.2. The van der Waals surface area contributed by atoms with Crippen LogP contribution in [0.25, 0.3) is 11.2 Å². The van der Waals surface area contributed by atoms with Gasteiger partial charge in [0.1, 0.15) is 11.3 Å². The van der Waals surface area contributed by atoms with Crippen LogP contribution in [0.3, 0.4) is 0 Å². The van der Waals surface area contributed by atoms with Crippen molar-refractivity contribution in [1.29, 1.82) is 0 Å². The molecule has 0 N–H and O–H groups in total. The van der Waals surface area contributed by atoms with Gasteiger partial charge in [0.15, 0.2) is 5.65 Å². The van der Waals surface area contributed by atoms with Crippen molar-refractivity contribution in [3.8, 4) is 0 Å². The van der Waals surface area contributed by atoms with Crippen LogP contribution in [0, 0.1) is 0 Å². The lowest BCUT2D eigenvalue weighted by atomic mass is 10.1. The molecule has 1 fully saturated rings. The molecule has 1 atom stereocenters. The van der Waals surface area contributed by atoms with E-state index in [0.717, 1.165) is 42.9 Å². The van der Waals surface area contributed by atoms with Crippen LogP contribution in [0.15, 0.2) is 42.6 Å². The van der Waals surface area contributed by atoms with E-state index in [1.165, 1.54) is 0 Å². The van der Waals surface area contributed by atoms with Crippen LogP contribution >= 0.6 is 11.6 Å². The molecule has 1 saturated heterocycles. The molecule has 3 heterocycles. The average Bonchev–Trinajstić information content (AvgIpc) is 3.27. The van der Waals surface area contributed by atoms with Gasteiger partial charge < -0.3 is 9.47 Å². The maximum atomic E-state index is 12.8. The molecule has 0 bridgehead atoms. The summed E-state index contributed by atoms with van der Waals surface area (Å²) in [6.45, 7) is 4.46. The second-order valence-corrected chi connectivity index (χ2v) is 7.15. The molecule has 6 heteroatoms. The van der Waals surface area contributed by atoms with E-state index in [0.29, 0.717) is 17.1 Å². The van der Waals surface area contributed by atoms with E-state index in [1.54, 1.807) is 12.1 Å². The van der Waals surface area contributed by atoms with Crippen molar-refractivity contribution in [2.75, 3.05) is 13.1 Å². The average molecular weight is 369 g/mol. The molecular formula is C20H21ClN4O. The first-order valence-corrected chi connectivity index (χ1v) is 9.41. The summed E-state index contributed by atoms with van der Waals surface area (Å²) in [5.74, 6) is 1.31. The molecule has 5 nitrogen and oxygen atoms in total. The third-order valence-electron chi connectivity index (χ3n) is 4.89. The van der Waals surface area contributed by atoms with Crippen LogP contribution in [-0.2, 0) is 6.54 Å². The van der Waals surface area contributed by atoms with Gasteiger partial charge in [-0.15, -0.1) is 0 Å². The highest BCUT2D eigenvalue weighted by Crippen LogP contribution is 2.30. The van der Waals surface area contributed by atoms with Crippen LogP contribution in [0.5, 0.6) is 0 Å². The van der Waals surface area contributed by atoms with Crippen molar-refractivity contribution in [3.05, 3.63) is 59.0 Å². The Hall–Kier alpha value is -2.40. The molecule has 1 aromatic carbocycles. The molecule has 2 aromatic heterocycles. The Balaban J connectivity index is 1.60. The van der Waals surface area contributed by atoms with E-state index >= 15 is 0 Å². The highest BCUT2D eigenvalue weighted by atomic mass is 35.5. The number of hydrogen-bond acceptors (Lipinski definition) is 3. The number of pyridine rings is 1. The number of benzene rings is 1. The zero-order valence-electron chi connectivity index (χ0n) is 14.7. The van der Waals surface area contributed by atoms with E-state index in [-0.39, 0.29) is 11.8 Å². The number of rotatable bonds is 4. The first-order valence-electron chi connectivity index (χ1n) is 9.03. The molecule has 0 aliphatic carbocycles. The summed E-state index contributed by atoms with van der Waals surface area (Å²) in [6, 6.07) is 11.1. The second-order valence-electron chi connectivity index (χ2n) is 6.71. The SMILES string of the molecule is CCCn1c([C@H]2CCN(C(=O)c3cccc(Cl)c3)C2)nc2cccnc21. The number of hydrogen-bond donors (Lipinski definition) is 0. The molecule has 26 heavy (non-hydrogen) atoms. The molecule has 0 unspecified atom stereocenters. The van der Waals surface area contributed by atoms with E-state index < -0.39 is 0 Å². The molecule has 4 rings (SSSR count). The summed E-state index contributed by atoms with van der Waals surface area (Å²) in [5, 5.41) is 0.586. The number of fused-ring (bicyclic) bond motifs is 1. The van der Waals surface area contributed by atoms with Crippen molar-refractivity contribution in [3.63, 3.8) is 0 Å². The van der Waals surface area contributed by atoms with Gasteiger partial charge in [0.05, 0.1) is 0 Å². The monoisotopic (exact) mass is 368 g/mol. The fraction of sp³-hybridized carbons (Fsp3) is 0.350. The van der Waals surface area contributed by atoms with Crippen LogP contribution in [-0.4, -0.2) is 38.4 Å². The topological polar surface area (TPSA) is 51.0 Å². The number of nitrogens with zero attached hydrogens (tertiary/aromatic N) is 4. The van der Waals surface area contributed by atoms with E-state index in [9.17, 15) is 4.79 Å². The highest BCUT2D eigenvalue weighted by Gasteiger charge is 2.31. The molecule has 1 aliphatic heterocycles. The third kappa shape index (κ3) is 3.07. The Bertz CT molecular complexity index is 952.